The third-order valence-electron chi connectivity index (χ3n) is 2.89. The van der Waals surface area contributed by atoms with Gasteiger partial charge in [-0.3, -0.25) is 0 Å². The molecule has 2 fully saturated rings. The lowest BCUT2D eigenvalue weighted by molar-refractivity contribution is 0.494. The van der Waals surface area contributed by atoms with Gasteiger partial charge in [0.1, 0.15) is 0 Å². The van der Waals surface area contributed by atoms with Crippen molar-refractivity contribution in [2.45, 2.75) is 33.6 Å². The van der Waals surface area contributed by atoms with Crippen LogP contribution in [0, 0.1) is 17.8 Å². The van der Waals surface area contributed by atoms with Gasteiger partial charge >= 0.3 is 0 Å². The first-order valence-electron chi connectivity index (χ1n) is 5.07. The lowest BCUT2D eigenvalue weighted by Gasteiger charge is -2.02. The second kappa shape index (κ2) is 4.10. The van der Waals surface area contributed by atoms with Gasteiger partial charge in [-0.2, -0.15) is 0 Å². The molecule has 0 radical (unpaired) electrons. The number of rotatable bonds is 0. The van der Waals surface area contributed by atoms with Crippen LogP contribution in [0.2, 0.25) is 0 Å². The van der Waals surface area contributed by atoms with E-state index in [0.717, 1.165) is 17.8 Å². The number of nitrogens with one attached hydrogen (secondary N) is 1. The quantitative estimate of drug-likeness (QED) is 0.566. The van der Waals surface area contributed by atoms with E-state index in [1.165, 1.54) is 25.9 Å². The third-order valence-corrected chi connectivity index (χ3v) is 2.89. The topological polar surface area (TPSA) is 12.0 Å². The summed E-state index contributed by atoms with van der Waals surface area (Å²) in [6, 6.07) is 0. The Kier molecular flexibility index (Phi) is 3.38. The van der Waals surface area contributed by atoms with Crippen molar-refractivity contribution in [1.82, 2.24) is 5.32 Å². The fourth-order valence-electron chi connectivity index (χ4n) is 2.47. The molecule has 1 heteroatoms. The van der Waals surface area contributed by atoms with Gasteiger partial charge in [-0.25, -0.2) is 0 Å². The van der Waals surface area contributed by atoms with Crippen molar-refractivity contribution >= 4 is 0 Å². The van der Waals surface area contributed by atoms with E-state index in [9.17, 15) is 0 Å². The minimum atomic E-state index is 1.02. The highest BCUT2D eigenvalue weighted by molar-refractivity contribution is 4.88. The van der Waals surface area contributed by atoms with Crippen LogP contribution >= 0.6 is 0 Å². The zero-order valence-corrected chi connectivity index (χ0v) is 8.06. The first-order valence-corrected chi connectivity index (χ1v) is 5.07. The zero-order valence-electron chi connectivity index (χ0n) is 8.06. The minimum Gasteiger partial charge on any atom is -0.316 e. The maximum absolute atomic E-state index is 3.44. The van der Waals surface area contributed by atoms with E-state index < -0.39 is 0 Å². The molecular formula is C10H21N. The van der Waals surface area contributed by atoms with Gasteiger partial charge in [-0.15, -0.1) is 0 Å². The van der Waals surface area contributed by atoms with Gasteiger partial charge in [-0.1, -0.05) is 20.8 Å². The van der Waals surface area contributed by atoms with Crippen molar-refractivity contribution in [2.75, 3.05) is 13.1 Å². The van der Waals surface area contributed by atoms with E-state index in [2.05, 4.69) is 12.2 Å². The molecule has 1 aliphatic heterocycles. The molecule has 1 heterocycles. The van der Waals surface area contributed by atoms with Gasteiger partial charge < -0.3 is 5.32 Å². The van der Waals surface area contributed by atoms with Crippen LogP contribution in [-0.2, 0) is 0 Å². The molecule has 1 N–H and O–H groups in total. The molecule has 0 aromatic rings. The van der Waals surface area contributed by atoms with Crippen LogP contribution in [0.25, 0.3) is 0 Å². The predicted octanol–water partition coefficient (Wildman–Crippen LogP) is 2.28. The molecule has 0 aromatic carbocycles. The highest BCUT2D eigenvalue weighted by atomic mass is 14.9. The number of hydrogen-bond donors (Lipinski definition) is 1. The smallest absolute Gasteiger partial charge is 0.00172 e. The Balaban J connectivity index is 0.000000281. The Morgan fingerprint density at radius 1 is 1.00 bits per heavy atom. The first-order chi connectivity index (χ1) is 5.36. The molecule has 11 heavy (non-hydrogen) atoms. The molecular weight excluding hydrogens is 134 g/mol. The lowest BCUT2D eigenvalue weighted by atomic mass is 10.0. The fourth-order valence-corrected chi connectivity index (χ4v) is 2.47. The van der Waals surface area contributed by atoms with Crippen molar-refractivity contribution in [3.05, 3.63) is 0 Å². The van der Waals surface area contributed by atoms with Gasteiger partial charge in [0.15, 0.2) is 0 Å². The predicted molar refractivity (Wildman–Crippen MR) is 49.6 cm³/mol. The monoisotopic (exact) mass is 155 g/mol. The van der Waals surface area contributed by atoms with Crippen molar-refractivity contribution < 1.29 is 0 Å². The summed E-state index contributed by atoms with van der Waals surface area (Å²) in [6.45, 7) is 8.99. The number of fused-ring (bicyclic) bond motifs is 1. The molecule has 1 aliphatic carbocycles. The van der Waals surface area contributed by atoms with E-state index in [-0.39, 0.29) is 0 Å². The normalized spacial score (nSPS) is 41.2. The molecule has 3 atom stereocenters. The molecule has 1 saturated heterocycles. The van der Waals surface area contributed by atoms with E-state index in [1.807, 2.05) is 13.8 Å². The van der Waals surface area contributed by atoms with Crippen LogP contribution in [0.3, 0.4) is 0 Å². The summed E-state index contributed by atoms with van der Waals surface area (Å²) >= 11 is 0. The zero-order chi connectivity index (χ0) is 8.27. The summed E-state index contributed by atoms with van der Waals surface area (Å²) in [5.74, 6) is 3.10. The second-order valence-electron chi connectivity index (χ2n) is 3.75. The lowest BCUT2D eigenvalue weighted by Crippen LogP contribution is -2.10. The average Bonchev–Trinajstić information content (AvgIpc) is 2.51. The van der Waals surface area contributed by atoms with Gasteiger partial charge in [0.2, 0.25) is 0 Å². The summed E-state index contributed by atoms with van der Waals surface area (Å²) in [4.78, 5) is 0. The highest BCUT2D eigenvalue weighted by Gasteiger charge is 2.34. The number of hydrogen-bond acceptors (Lipinski definition) is 1. The van der Waals surface area contributed by atoms with Crippen LogP contribution in [-0.4, -0.2) is 13.1 Å². The average molecular weight is 155 g/mol. The van der Waals surface area contributed by atoms with Gasteiger partial charge in [-0.05, 0) is 43.7 Å². The SMILES string of the molecule is CC.CC1C[C@H]2CNC[C@H]2C1. The maximum Gasteiger partial charge on any atom is -0.00172 e. The molecule has 0 spiro atoms. The molecule has 2 rings (SSSR count). The van der Waals surface area contributed by atoms with Gasteiger partial charge in [0.05, 0.1) is 0 Å². The molecule has 66 valence electrons. The molecule has 1 unspecified atom stereocenters. The molecule has 2 aliphatic rings. The minimum absolute atomic E-state index is 1.02. The summed E-state index contributed by atoms with van der Waals surface area (Å²) in [7, 11) is 0. The molecule has 1 saturated carbocycles. The van der Waals surface area contributed by atoms with Crippen LogP contribution in [0.15, 0.2) is 0 Å². The largest absolute Gasteiger partial charge is 0.316 e. The summed E-state index contributed by atoms with van der Waals surface area (Å²) in [5, 5.41) is 3.44. The summed E-state index contributed by atoms with van der Waals surface area (Å²) in [6.07, 6.45) is 2.97. The Bertz CT molecular complexity index is 99.4. The van der Waals surface area contributed by atoms with E-state index in [1.54, 1.807) is 0 Å². The maximum atomic E-state index is 3.44. The fraction of sp³-hybridized carbons (Fsp3) is 1.00. The van der Waals surface area contributed by atoms with Crippen molar-refractivity contribution in [2.24, 2.45) is 17.8 Å². The van der Waals surface area contributed by atoms with Gasteiger partial charge in [0, 0.05) is 0 Å². The van der Waals surface area contributed by atoms with E-state index >= 15 is 0 Å². The van der Waals surface area contributed by atoms with E-state index in [0.29, 0.717) is 0 Å². The van der Waals surface area contributed by atoms with Crippen LogP contribution in [0.4, 0.5) is 0 Å². The summed E-state index contributed by atoms with van der Waals surface area (Å²) < 4.78 is 0. The third kappa shape index (κ3) is 1.96. The molecule has 0 aromatic heterocycles. The van der Waals surface area contributed by atoms with Crippen molar-refractivity contribution in [3.63, 3.8) is 0 Å². The van der Waals surface area contributed by atoms with Crippen LogP contribution < -0.4 is 5.32 Å². The molecule has 1 nitrogen and oxygen atoms in total. The Labute approximate surface area is 70.6 Å². The standard InChI is InChI=1S/C8H15N.C2H6/c1-6-2-7-4-9-5-8(7)3-6;1-2/h6-9H,2-5H2,1H3;1-2H3/t6?,7-,8+;. The van der Waals surface area contributed by atoms with E-state index in [4.69, 9.17) is 0 Å². The van der Waals surface area contributed by atoms with Crippen molar-refractivity contribution in [3.8, 4) is 0 Å². The Morgan fingerprint density at radius 3 is 1.91 bits per heavy atom. The summed E-state index contributed by atoms with van der Waals surface area (Å²) in [5.41, 5.74) is 0. The first kappa shape index (κ1) is 9.05. The van der Waals surface area contributed by atoms with Crippen LogP contribution in [0.1, 0.15) is 33.6 Å². The van der Waals surface area contributed by atoms with Gasteiger partial charge in [0.25, 0.3) is 0 Å². The Morgan fingerprint density at radius 2 is 1.45 bits per heavy atom. The molecule has 0 bridgehead atoms. The van der Waals surface area contributed by atoms with Crippen molar-refractivity contribution in [1.29, 1.82) is 0 Å². The molecule has 0 amide bonds. The second-order valence-corrected chi connectivity index (χ2v) is 3.75. The van der Waals surface area contributed by atoms with Crippen LogP contribution in [0.5, 0.6) is 0 Å². The Hall–Kier alpha value is -0.0400. The highest BCUT2D eigenvalue weighted by Crippen LogP contribution is 2.37.